The fraction of sp³-hybridized carbons (Fsp3) is 0.364. The summed E-state index contributed by atoms with van der Waals surface area (Å²) in [5.74, 6) is 1.12. The van der Waals surface area contributed by atoms with Crippen molar-refractivity contribution in [3.8, 4) is 11.5 Å². The van der Waals surface area contributed by atoms with Crippen LogP contribution in [0.15, 0.2) is 48.5 Å². The van der Waals surface area contributed by atoms with Crippen LogP contribution in [0.5, 0.6) is 11.5 Å². The number of carbonyl (C=O) groups is 2. The topological polar surface area (TPSA) is 52.6 Å². The number of methoxy groups -OCH3 is 1. The number of rotatable bonds is 9. The maximum Gasteiger partial charge on any atom is 0.169 e. The van der Waals surface area contributed by atoms with E-state index in [1.807, 2.05) is 45.0 Å². The summed E-state index contributed by atoms with van der Waals surface area (Å²) in [5, 5.41) is 0. The van der Waals surface area contributed by atoms with E-state index in [1.54, 1.807) is 31.4 Å². The summed E-state index contributed by atoms with van der Waals surface area (Å²) in [7, 11) is 1.56. The van der Waals surface area contributed by atoms with Crippen LogP contribution in [0.1, 0.15) is 47.9 Å². The molecule has 0 aliphatic heterocycles. The molecule has 0 bridgehead atoms. The Morgan fingerprint density at radius 3 is 2.38 bits per heavy atom. The lowest BCUT2D eigenvalue weighted by molar-refractivity contribution is 0.0908. The Bertz CT molecular complexity index is 764. The first kappa shape index (κ1) is 19.7. The summed E-state index contributed by atoms with van der Waals surface area (Å²) in [4.78, 5) is 24.7. The van der Waals surface area contributed by atoms with Crippen molar-refractivity contribution in [1.82, 2.24) is 0 Å². The molecule has 0 N–H and O–H groups in total. The molecule has 1 unspecified atom stereocenters. The van der Waals surface area contributed by atoms with Gasteiger partial charge in [0, 0.05) is 17.4 Å². The molecule has 0 saturated carbocycles. The number of para-hydroxylation sites is 1. The van der Waals surface area contributed by atoms with Gasteiger partial charge in [0.25, 0.3) is 0 Å². The zero-order chi connectivity index (χ0) is 19.1. The molecular formula is C22H26O4. The number of carbonyl (C=O) groups excluding carboxylic acids is 2. The van der Waals surface area contributed by atoms with E-state index in [0.29, 0.717) is 35.7 Å². The third kappa shape index (κ3) is 4.94. The summed E-state index contributed by atoms with van der Waals surface area (Å²) in [6.07, 6.45) is 0.583. The molecule has 0 fully saturated rings. The fourth-order valence-corrected chi connectivity index (χ4v) is 2.67. The molecule has 2 rings (SSSR count). The Morgan fingerprint density at radius 1 is 0.962 bits per heavy atom. The third-order valence-electron chi connectivity index (χ3n) is 4.28. The normalized spacial score (nSPS) is 11.9. The summed E-state index contributed by atoms with van der Waals surface area (Å²) < 4.78 is 11.0. The second-order valence-corrected chi connectivity index (χ2v) is 6.65. The molecule has 4 nitrogen and oxygen atoms in total. The third-order valence-corrected chi connectivity index (χ3v) is 4.28. The van der Waals surface area contributed by atoms with Gasteiger partial charge >= 0.3 is 0 Å². The maximum atomic E-state index is 12.6. The Hall–Kier alpha value is -2.62. The Morgan fingerprint density at radius 2 is 1.69 bits per heavy atom. The molecule has 138 valence electrons. The van der Waals surface area contributed by atoms with Crippen molar-refractivity contribution in [2.45, 2.75) is 27.2 Å². The van der Waals surface area contributed by atoms with Crippen LogP contribution in [-0.4, -0.2) is 25.3 Å². The van der Waals surface area contributed by atoms with Gasteiger partial charge in [-0.1, -0.05) is 45.0 Å². The average molecular weight is 354 g/mol. The van der Waals surface area contributed by atoms with Gasteiger partial charge in [0.1, 0.15) is 11.5 Å². The Labute approximate surface area is 155 Å². The molecule has 0 amide bonds. The number of ether oxygens (including phenoxy) is 2. The van der Waals surface area contributed by atoms with Gasteiger partial charge in [-0.25, -0.2) is 0 Å². The lowest BCUT2D eigenvalue weighted by Crippen LogP contribution is -2.15. The number of hydrogen-bond acceptors (Lipinski definition) is 4. The molecule has 0 aliphatic rings. The summed E-state index contributed by atoms with van der Waals surface area (Å²) in [6, 6.07) is 14.4. The van der Waals surface area contributed by atoms with E-state index in [1.165, 1.54) is 0 Å². The predicted molar refractivity (Wildman–Crippen MR) is 102 cm³/mol. The summed E-state index contributed by atoms with van der Waals surface area (Å²) in [6.45, 7) is 6.04. The second kappa shape index (κ2) is 9.18. The van der Waals surface area contributed by atoms with Crippen LogP contribution in [0.4, 0.5) is 0 Å². The van der Waals surface area contributed by atoms with Crippen LogP contribution < -0.4 is 9.47 Å². The minimum Gasteiger partial charge on any atom is -0.496 e. The van der Waals surface area contributed by atoms with Gasteiger partial charge in [0.2, 0.25) is 0 Å². The van der Waals surface area contributed by atoms with Gasteiger partial charge in [0.05, 0.1) is 19.3 Å². The van der Waals surface area contributed by atoms with Crippen LogP contribution in [-0.2, 0) is 0 Å². The van der Waals surface area contributed by atoms with E-state index in [9.17, 15) is 9.59 Å². The molecule has 1 atom stereocenters. The maximum absolute atomic E-state index is 12.6. The number of benzene rings is 2. The lowest BCUT2D eigenvalue weighted by atomic mass is 9.96. The van der Waals surface area contributed by atoms with Crippen molar-refractivity contribution >= 4 is 11.6 Å². The summed E-state index contributed by atoms with van der Waals surface area (Å²) >= 11 is 0. The zero-order valence-electron chi connectivity index (χ0n) is 15.8. The first-order valence-corrected chi connectivity index (χ1v) is 8.88. The van der Waals surface area contributed by atoms with Gasteiger partial charge in [-0.2, -0.15) is 0 Å². The van der Waals surface area contributed by atoms with Crippen LogP contribution >= 0.6 is 0 Å². The van der Waals surface area contributed by atoms with Crippen molar-refractivity contribution in [1.29, 1.82) is 0 Å². The Balaban J connectivity index is 1.94. The largest absolute Gasteiger partial charge is 0.496 e. The second-order valence-electron chi connectivity index (χ2n) is 6.65. The van der Waals surface area contributed by atoms with E-state index in [-0.39, 0.29) is 23.4 Å². The molecule has 2 aromatic rings. The minimum absolute atomic E-state index is 0.0368. The monoisotopic (exact) mass is 354 g/mol. The molecule has 0 aliphatic carbocycles. The molecule has 0 saturated heterocycles. The highest BCUT2D eigenvalue weighted by molar-refractivity contribution is 6.00. The van der Waals surface area contributed by atoms with Crippen LogP contribution in [0.25, 0.3) is 0 Å². The molecule has 2 aromatic carbocycles. The Kier molecular flexibility index (Phi) is 6.96. The fourth-order valence-electron chi connectivity index (χ4n) is 2.67. The molecule has 0 spiro atoms. The highest BCUT2D eigenvalue weighted by atomic mass is 16.5. The number of ketones is 2. The highest BCUT2D eigenvalue weighted by Crippen LogP contribution is 2.23. The van der Waals surface area contributed by atoms with Gasteiger partial charge in [0.15, 0.2) is 11.6 Å². The van der Waals surface area contributed by atoms with Crippen LogP contribution in [0.2, 0.25) is 0 Å². The van der Waals surface area contributed by atoms with Crippen molar-refractivity contribution in [3.63, 3.8) is 0 Å². The molecule has 0 aromatic heterocycles. The van der Waals surface area contributed by atoms with Gasteiger partial charge in [-0.3, -0.25) is 9.59 Å². The van der Waals surface area contributed by atoms with E-state index >= 15 is 0 Å². The SMILES string of the molecule is COc1ccccc1C(=O)C(C)CCOc1cccc(C(=O)C(C)C)c1. The van der Waals surface area contributed by atoms with Crippen molar-refractivity contribution in [3.05, 3.63) is 59.7 Å². The standard InChI is InChI=1S/C22H26O4/c1-15(2)21(23)17-8-7-9-18(14-17)26-13-12-16(3)22(24)19-10-5-6-11-20(19)25-4/h5-11,14-16H,12-13H2,1-4H3. The van der Waals surface area contributed by atoms with E-state index in [4.69, 9.17) is 9.47 Å². The zero-order valence-corrected chi connectivity index (χ0v) is 15.8. The van der Waals surface area contributed by atoms with Gasteiger partial charge in [-0.05, 0) is 30.7 Å². The minimum atomic E-state index is -0.188. The molecular weight excluding hydrogens is 328 g/mol. The van der Waals surface area contributed by atoms with E-state index in [2.05, 4.69) is 0 Å². The predicted octanol–water partition coefficient (Wildman–Crippen LogP) is 4.82. The van der Waals surface area contributed by atoms with Crippen molar-refractivity contribution in [2.24, 2.45) is 11.8 Å². The quantitative estimate of drug-likeness (QED) is 0.606. The highest BCUT2D eigenvalue weighted by Gasteiger charge is 2.19. The smallest absolute Gasteiger partial charge is 0.169 e. The van der Waals surface area contributed by atoms with E-state index in [0.717, 1.165) is 0 Å². The van der Waals surface area contributed by atoms with Crippen molar-refractivity contribution in [2.75, 3.05) is 13.7 Å². The van der Waals surface area contributed by atoms with Crippen molar-refractivity contribution < 1.29 is 19.1 Å². The lowest BCUT2D eigenvalue weighted by Gasteiger charge is -2.14. The molecule has 0 radical (unpaired) electrons. The van der Waals surface area contributed by atoms with Crippen LogP contribution in [0.3, 0.4) is 0 Å². The first-order valence-electron chi connectivity index (χ1n) is 8.88. The van der Waals surface area contributed by atoms with E-state index < -0.39 is 0 Å². The summed E-state index contributed by atoms with van der Waals surface area (Å²) in [5.41, 5.74) is 1.24. The number of Topliss-reactive ketones (excluding diaryl/α,β-unsaturated/α-hetero) is 2. The first-order chi connectivity index (χ1) is 12.4. The molecule has 26 heavy (non-hydrogen) atoms. The van der Waals surface area contributed by atoms with Gasteiger partial charge in [-0.15, -0.1) is 0 Å². The average Bonchev–Trinajstić information content (AvgIpc) is 2.66. The molecule has 0 heterocycles. The molecule has 4 heteroatoms. The number of hydrogen-bond donors (Lipinski definition) is 0. The van der Waals surface area contributed by atoms with Crippen LogP contribution in [0, 0.1) is 11.8 Å². The van der Waals surface area contributed by atoms with Gasteiger partial charge < -0.3 is 9.47 Å².